The summed E-state index contributed by atoms with van der Waals surface area (Å²) in [5.41, 5.74) is 1.39. The minimum atomic E-state index is -0.0847. The quantitative estimate of drug-likeness (QED) is 0.745. The lowest BCUT2D eigenvalue weighted by Crippen LogP contribution is -2.34. The molecule has 0 aromatic rings. The minimum Gasteiger partial charge on any atom is -0.373 e. The molecule has 4 heteroatoms. The molecule has 0 aromatic heterocycles. The Morgan fingerprint density at radius 2 is 2.30 bits per heavy atom. The first kappa shape index (κ1) is 14.4. The first-order chi connectivity index (χ1) is 9.72. The van der Waals surface area contributed by atoms with Crippen molar-refractivity contribution < 1.29 is 4.74 Å². The molecule has 0 aliphatic carbocycles. The molecule has 3 heterocycles. The number of hydrogen-bond acceptors (Lipinski definition) is 3. The summed E-state index contributed by atoms with van der Waals surface area (Å²) in [5, 5.41) is 0. The maximum atomic E-state index is 6.10. The molecule has 3 atom stereocenters. The van der Waals surface area contributed by atoms with Crippen molar-refractivity contribution in [2.24, 2.45) is 5.92 Å². The monoisotopic (exact) mass is 296 g/mol. The van der Waals surface area contributed by atoms with Crippen LogP contribution in [0.5, 0.6) is 0 Å². The zero-order valence-electron chi connectivity index (χ0n) is 12.3. The van der Waals surface area contributed by atoms with Gasteiger partial charge in [0.2, 0.25) is 0 Å². The van der Waals surface area contributed by atoms with E-state index in [9.17, 15) is 0 Å². The number of rotatable bonds is 3. The molecule has 0 amide bonds. The third-order valence-corrected chi connectivity index (χ3v) is 5.03. The molecule has 0 N–H and O–H groups in total. The summed E-state index contributed by atoms with van der Waals surface area (Å²) in [6.07, 6.45) is 11.7. The molecule has 3 aliphatic heterocycles. The van der Waals surface area contributed by atoms with Crippen LogP contribution < -0.4 is 0 Å². The Morgan fingerprint density at radius 1 is 1.40 bits per heavy atom. The molecule has 0 radical (unpaired) electrons. The van der Waals surface area contributed by atoms with Crippen molar-refractivity contribution in [3.05, 3.63) is 23.9 Å². The molecule has 3 rings (SSSR count). The van der Waals surface area contributed by atoms with E-state index in [2.05, 4.69) is 35.2 Å². The van der Waals surface area contributed by atoms with Crippen LogP contribution in [0.1, 0.15) is 25.7 Å². The van der Waals surface area contributed by atoms with Gasteiger partial charge in [0.15, 0.2) is 0 Å². The highest BCUT2D eigenvalue weighted by Gasteiger charge is 2.26. The Hall–Kier alpha value is -0.510. The van der Waals surface area contributed by atoms with Crippen molar-refractivity contribution in [3.8, 4) is 0 Å². The first-order valence-electron chi connectivity index (χ1n) is 7.80. The van der Waals surface area contributed by atoms with E-state index in [0.29, 0.717) is 12.0 Å². The van der Waals surface area contributed by atoms with E-state index in [-0.39, 0.29) is 5.56 Å². The fourth-order valence-corrected chi connectivity index (χ4v) is 3.94. The lowest BCUT2D eigenvalue weighted by atomic mass is 9.98. The third kappa shape index (κ3) is 3.38. The van der Waals surface area contributed by atoms with Crippen molar-refractivity contribution in [1.29, 1.82) is 0 Å². The van der Waals surface area contributed by atoms with Crippen LogP contribution in [-0.4, -0.2) is 54.7 Å². The van der Waals surface area contributed by atoms with Gasteiger partial charge < -0.3 is 9.64 Å². The molecule has 112 valence electrons. The largest absolute Gasteiger partial charge is 0.373 e. The zero-order valence-corrected chi connectivity index (χ0v) is 13.1. The number of halogens is 1. The summed E-state index contributed by atoms with van der Waals surface area (Å²) in [4.78, 5) is 4.93. The minimum absolute atomic E-state index is 0.0847. The average molecular weight is 297 g/mol. The summed E-state index contributed by atoms with van der Waals surface area (Å²) in [6.45, 7) is 4.18. The molecular weight excluding hydrogens is 272 g/mol. The molecule has 20 heavy (non-hydrogen) atoms. The summed E-state index contributed by atoms with van der Waals surface area (Å²) in [7, 11) is 2.24. The molecule has 2 fully saturated rings. The van der Waals surface area contributed by atoms with Gasteiger partial charge in [-0.05, 0) is 50.8 Å². The van der Waals surface area contributed by atoms with Gasteiger partial charge in [-0.1, -0.05) is 23.8 Å². The van der Waals surface area contributed by atoms with Crippen molar-refractivity contribution in [1.82, 2.24) is 9.80 Å². The van der Waals surface area contributed by atoms with Crippen molar-refractivity contribution in [2.45, 2.75) is 37.3 Å². The highest BCUT2D eigenvalue weighted by Crippen LogP contribution is 2.27. The lowest BCUT2D eigenvalue weighted by molar-refractivity contribution is 0.0329. The van der Waals surface area contributed by atoms with Gasteiger partial charge in [-0.2, -0.15) is 0 Å². The summed E-state index contributed by atoms with van der Waals surface area (Å²) < 4.78 is 5.42. The molecule has 0 saturated carbocycles. The second kappa shape index (κ2) is 6.50. The maximum absolute atomic E-state index is 6.10. The van der Waals surface area contributed by atoms with Crippen LogP contribution in [0.25, 0.3) is 0 Å². The predicted molar refractivity (Wildman–Crippen MR) is 82.8 cm³/mol. The Balaban J connectivity index is 1.60. The summed E-state index contributed by atoms with van der Waals surface area (Å²) >= 11 is 6.10. The van der Waals surface area contributed by atoms with Crippen LogP contribution in [0, 0.1) is 5.92 Å². The SMILES string of the molecule is CN1CCCC1C1=CN(CC2CCOC(Cl)C2)CC=C1. The van der Waals surface area contributed by atoms with Crippen LogP contribution >= 0.6 is 11.6 Å². The molecule has 0 aromatic carbocycles. The van der Waals surface area contributed by atoms with Crippen molar-refractivity contribution in [3.63, 3.8) is 0 Å². The van der Waals surface area contributed by atoms with Gasteiger partial charge in [0.05, 0.1) is 0 Å². The summed E-state index contributed by atoms with van der Waals surface area (Å²) in [6, 6.07) is 0.615. The average Bonchev–Trinajstić information content (AvgIpc) is 2.85. The highest BCUT2D eigenvalue weighted by atomic mass is 35.5. The number of alkyl halides is 1. The lowest BCUT2D eigenvalue weighted by Gasteiger charge is -2.33. The van der Waals surface area contributed by atoms with E-state index in [4.69, 9.17) is 16.3 Å². The Morgan fingerprint density at radius 3 is 3.05 bits per heavy atom. The van der Waals surface area contributed by atoms with Gasteiger partial charge in [0.1, 0.15) is 5.56 Å². The van der Waals surface area contributed by atoms with E-state index in [1.54, 1.807) is 0 Å². The van der Waals surface area contributed by atoms with Crippen LogP contribution in [0.3, 0.4) is 0 Å². The molecule has 0 bridgehead atoms. The topological polar surface area (TPSA) is 15.7 Å². The van der Waals surface area contributed by atoms with E-state index in [1.807, 2.05) is 0 Å². The zero-order chi connectivity index (χ0) is 13.9. The number of hydrogen-bond donors (Lipinski definition) is 0. The van der Waals surface area contributed by atoms with E-state index in [1.165, 1.54) is 25.0 Å². The maximum Gasteiger partial charge on any atom is 0.131 e. The Bertz CT molecular complexity index is 396. The van der Waals surface area contributed by atoms with E-state index in [0.717, 1.165) is 32.5 Å². The molecule has 0 spiro atoms. The van der Waals surface area contributed by atoms with Crippen LogP contribution in [0.2, 0.25) is 0 Å². The normalized spacial score (nSPS) is 35.4. The third-order valence-electron chi connectivity index (χ3n) is 4.72. The van der Waals surface area contributed by atoms with Gasteiger partial charge in [-0.3, -0.25) is 4.90 Å². The fraction of sp³-hybridized carbons (Fsp3) is 0.750. The Labute approximate surface area is 127 Å². The molecule has 2 saturated heterocycles. The number of ether oxygens (including phenoxy) is 1. The Kier molecular flexibility index (Phi) is 4.69. The molecule has 3 aliphatic rings. The fourth-order valence-electron chi connectivity index (χ4n) is 3.59. The van der Waals surface area contributed by atoms with Crippen LogP contribution in [0.4, 0.5) is 0 Å². The molecule has 3 unspecified atom stereocenters. The second-order valence-corrected chi connectivity index (χ2v) is 6.78. The van der Waals surface area contributed by atoms with Gasteiger partial charge in [0, 0.05) is 31.9 Å². The number of likely N-dealkylation sites (N-methyl/N-ethyl adjacent to an activating group) is 1. The second-order valence-electron chi connectivity index (χ2n) is 6.30. The van der Waals surface area contributed by atoms with E-state index < -0.39 is 0 Å². The van der Waals surface area contributed by atoms with Crippen LogP contribution in [0.15, 0.2) is 23.9 Å². The van der Waals surface area contributed by atoms with Gasteiger partial charge >= 0.3 is 0 Å². The van der Waals surface area contributed by atoms with Gasteiger partial charge in [0.25, 0.3) is 0 Å². The van der Waals surface area contributed by atoms with Gasteiger partial charge in [-0.15, -0.1) is 0 Å². The molecular formula is C16H25ClN2O. The number of nitrogens with zero attached hydrogens (tertiary/aromatic N) is 2. The first-order valence-corrected chi connectivity index (χ1v) is 8.24. The smallest absolute Gasteiger partial charge is 0.131 e. The standard InChI is InChI=1S/C16H25ClN2O/c1-18-7-3-5-15(18)14-4-2-8-19(12-14)11-13-6-9-20-16(17)10-13/h2,4,12-13,15-16H,3,5-11H2,1H3. The van der Waals surface area contributed by atoms with Gasteiger partial charge in [-0.25, -0.2) is 0 Å². The van der Waals surface area contributed by atoms with E-state index >= 15 is 0 Å². The number of likely N-dealkylation sites (tertiary alicyclic amines) is 1. The summed E-state index contributed by atoms with van der Waals surface area (Å²) in [5.74, 6) is 0.663. The highest BCUT2D eigenvalue weighted by molar-refractivity contribution is 6.19. The van der Waals surface area contributed by atoms with Crippen molar-refractivity contribution >= 4 is 11.6 Å². The van der Waals surface area contributed by atoms with Crippen molar-refractivity contribution in [2.75, 3.05) is 33.3 Å². The predicted octanol–water partition coefficient (Wildman–Crippen LogP) is 2.83. The molecule has 3 nitrogen and oxygen atoms in total. The van der Waals surface area contributed by atoms with Crippen LogP contribution in [-0.2, 0) is 4.74 Å².